The van der Waals surface area contributed by atoms with Gasteiger partial charge in [0, 0.05) is 76.9 Å². The third kappa shape index (κ3) is 8.24. The van der Waals surface area contributed by atoms with E-state index in [9.17, 15) is 32.9 Å². The third-order valence-corrected chi connectivity index (χ3v) is 7.94. The number of ether oxygens (including phenoxy) is 2. The Labute approximate surface area is 268 Å². The van der Waals surface area contributed by atoms with Crippen molar-refractivity contribution in [1.29, 1.82) is 0 Å². The second-order valence-electron chi connectivity index (χ2n) is 11.1. The monoisotopic (exact) mass is 657 g/mol. The van der Waals surface area contributed by atoms with E-state index in [-0.39, 0.29) is 29.7 Å². The van der Waals surface area contributed by atoms with Gasteiger partial charge in [-0.1, -0.05) is 0 Å². The van der Waals surface area contributed by atoms with Gasteiger partial charge in [-0.2, -0.15) is 13.2 Å². The molecule has 2 fully saturated rings. The van der Waals surface area contributed by atoms with E-state index in [1.165, 1.54) is 35.5 Å². The van der Waals surface area contributed by atoms with E-state index < -0.39 is 16.7 Å². The number of benzene rings is 2. The molecule has 3 aromatic rings. The molecule has 0 radical (unpaired) electrons. The first-order chi connectivity index (χ1) is 22.5. The number of amides is 2. The van der Waals surface area contributed by atoms with Crippen molar-refractivity contribution in [2.45, 2.75) is 12.6 Å². The minimum absolute atomic E-state index is 0.132. The number of rotatable bonds is 10. The summed E-state index contributed by atoms with van der Waals surface area (Å²) in [6, 6.07) is 9.00. The zero-order chi connectivity index (χ0) is 33.6. The summed E-state index contributed by atoms with van der Waals surface area (Å²) in [6.45, 7) is 4.19. The number of nitrogens with zero attached hydrogens (tertiary/aromatic N) is 7. The van der Waals surface area contributed by atoms with E-state index in [1.54, 1.807) is 24.1 Å². The van der Waals surface area contributed by atoms with Gasteiger partial charge in [-0.3, -0.25) is 19.7 Å². The first kappa shape index (κ1) is 33.4. The number of anilines is 2. The molecule has 1 aromatic heterocycles. The molecule has 2 aromatic carbocycles. The Kier molecular flexibility index (Phi) is 10.4. The van der Waals surface area contributed by atoms with Crippen LogP contribution < -0.4 is 14.5 Å². The molecule has 5 rings (SSSR count). The first-order valence-electron chi connectivity index (χ1n) is 15.0. The van der Waals surface area contributed by atoms with E-state index in [2.05, 4.69) is 9.97 Å². The number of carbonyl (C=O) groups excluding carboxylic acids is 2. The highest BCUT2D eigenvalue weighted by molar-refractivity contribution is 5.96. The highest BCUT2D eigenvalue weighted by Gasteiger charge is 2.30. The summed E-state index contributed by atoms with van der Waals surface area (Å²) >= 11 is 0. The summed E-state index contributed by atoms with van der Waals surface area (Å²) in [6.07, 6.45) is -1.06. The molecule has 0 atom stereocenters. The molecule has 2 amide bonds. The predicted octanol–water partition coefficient (Wildman–Crippen LogP) is 3.74. The van der Waals surface area contributed by atoms with Crippen LogP contribution in [0.4, 0.5) is 30.5 Å². The van der Waals surface area contributed by atoms with Crippen molar-refractivity contribution in [3.63, 3.8) is 0 Å². The van der Waals surface area contributed by atoms with Gasteiger partial charge < -0.3 is 29.1 Å². The largest absolute Gasteiger partial charge is 0.494 e. The third-order valence-electron chi connectivity index (χ3n) is 7.94. The molecule has 47 heavy (non-hydrogen) atoms. The lowest BCUT2D eigenvalue weighted by atomic mass is 10.1. The lowest BCUT2D eigenvalue weighted by Gasteiger charge is -2.35. The molecular formula is C31H34F3N7O6. The van der Waals surface area contributed by atoms with Crippen LogP contribution in [0.25, 0.3) is 0 Å². The molecule has 3 heterocycles. The van der Waals surface area contributed by atoms with Crippen LogP contribution in [-0.4, -0.2) is 109 Å². The summed E-state index contributed by atoms with van der Waals surface area (Å²) in [5.41, 5.74) is 0.106. The number of hydrogen-bond acceptors (Lipinski definition) is 10. The molecule has 0 saturated carbocycles. The quantitative estimate of drug-likeness (QED) is 0.180. The van der Waals surface area contributed by atoms with Crippen LogP contribution in [0.2, 0.25) is 0 Å². The molecule has 2 aliphatic heterocycles. The number of alkyl halides is 3. The molecule has 0 spiro atoms. The fourth-order valence-electron chi connectivity index (χ4n) is 5.32. The first-order valence-corrected chi connectivity index (χ1v) is 15.0. The summed E-state index contributed by atoms with van der Waals surface area (Å²) in [4.78, 5) is 52.9. The van der Waals surface area contributed by atoms with Gasteiger partial charge in [-0.15, -0.1) is 0 Å². The molecule has 0 N–H and O–H groups in total. The minimum Gasteiger partial charge on any atom is -0.494 e. The molecule has 0 bridgehead atoms. The van der Waals surface area contributed by atoms with E-state index in [0.717, 1.165) is 12.1 Å². The Balaban J connectivity index is 1.10. The maximum absolute atomic E-state index is 12.9. The van der Waals surface area contributed by atoms with E-state index in [4.69, 9.17) is 9.47 Å². The zero-order valence-electron chi connectivity index (χ0n) is 25.7. The molecular weight excluding hydrogens is 623 g/mol. The normalized spacial score (nSPS) is 15.4. The average Bonchev–Trinajstić information content (AvgIpc) is 3.09. The Hall–Kier alpha value is -4.99. The second-order valence-corrected chi connectivity index (χ2v) is 11.1. The summed E-state index contributed by atoms with van der Waals surface area (Å²) in [7, 11) is 1.62. The minimum atomic E-state index is -4.41. The SMILES string of the molecule is CN(CCCOc1ccc(C(F)(F)F)cc1)C(=O)c1cnc(N2CCN(c3ccc(C(=O)N4CCOCC4)cc3[N+](=O)[O-])CC2)nc1. The lowest BCUT2D eigenvalue weighted by molar-refractivity contribution is -0.384. The number of hydrogen-bond donors (Lipinski definition) is 0. The molecule has 0 unspecified atom stereocenters. The van der Waals surface area contributed by atoms with Gasteiger partial charge in [-0.25, -0.2) is 9.97 Å². The molecule has 2 saturated heterocycles. The van der Waals surface area contributed by atoms with Gasteiger partial charge in [0.2, 0.25) is 5.95 Å². The van der Waals surface area contributed by atoms with E-state index >= 15 is 0 Å². The number of halogens is 3. The Bertz CT molecular complexity index is 1560. The summed E-state index contributed by atoms with van der Waals surface area (Å²) in [5.74, 6) is 0.182. The average molecular weight is 658 g/mol. The van der Waals surface area contributed by atoms with Crippen LogP contribution in [-0.2, 0) is 10.9 Å². The number of morpholine rings is 1. The van der Waals surface area contributed by atoms with Gasteiger partial charge in [0.25, 0.3) is 17.5 Å². The van der Waals surface area contributed by atoms with Gasteiger partial charge in [0.05, 0.1) is 35.9 Å². The number of piperazine rings is 1. The van der Waals surface area contributed by atoms with Crippen LogP contribution in [0, 0.1) is 10.1 Å². The van der Waals surface area contributed by atoms with Gasteiger partial charge in [0.15, 0.2) is 0 Å². The summed E-state index contributed by atoms with van der Waals surface area (Å²) in [5, 5.41) is 11.9. The highest BCUT2D eigenvalue weighted by atomic mass is 19.4. The smallest absolute Gasteiger partial charge is 0.416 e. The summed E-state index contributed by atoms with van der Waals surface area (Å²) < 4.78 is 48.9. The van der Waals surface area contributed by atoms with Crippen molar-refractivity contribution in [2.75, 3.05) is 82.5 Å². The fourth-order valence-corrected chi connectivity index (χ4v) is 5.32. The van der Waals surface area contributed by atoms with Crippen LogP contribution in [0.1, 0.15) is 32.7 Å². The highest BCUT2D eigenvalue weighted by Crippen LogP contribution is 2.32. The Morgan fingerprint density at radius 1 is 0.957 bits per heavy atom. The van der Waals surface area contributed by atoms with E-state index in [0.29, 0.717) is 88.4 Å². The zero-order valence-corrected chi connectivity index (χ0v) is 25.7. The van der Waals surface area contributed by atoms with Gasteiger partial charge >= 0.3 is 6.18 Å². The fraction of sp³-hybridized carbons (Fsp3) is 0.419. The van der Waals surface area contributed by atoms with Crippen molar-refractivity contribution < 1.29 is 37.2 Å². The molecule has 16 heteroatoms. The second kappa shape index (κ2) is 14.6. The van der Waals surface area contributed by atoms with Crippen LogP contribution in [0.5, 0.6) is 5.75 Å². The van der Waals surface area contributed by atoms with Crippen molar-refractivity contribution in [1.82, 2.24) is 19.8 Å². The topological polar surface area (TPSA) is 134 Å². The molecule has 250 valence electrons. The number of aromatic nitrogens is 2. The van der Waals surface area contributed by atoms with Crippen molar-refractivity contribution in [2.24, 2.45) is 0 Å². The van der Waals surface area contributed by atoms with Crippen molar-refractivity contribution >= 4 is 29.1 Å². The lowest BCUT2D eigenvalue weighted by Crippen LogP contribution is -2.47. The van der Waals surface area contributed by atoms with Crippen LogP contribution in [0.15, 0.2) is 54.9 Å². The van der Waals surface area contributed by atoms with Crippen LogP contribution in [0.3, 0.4) is 0 Å². The molecule has 0 aliphatic carbocycles. The van der Waals surface area contributed by atoms with Crippen molar-refractivity contribution in [3.8, 4) is 5.75 Å². The Morgan fingerprint density at radius 3 is 2.21 bits per heavy atom. The van der Waals surface area contributed by atoms with E-state index in [1.807, 2.05) is 9.80 Å². The van der Waals surface area contributed by atoms with Crippen molar-refractivity contribution in [3.05, 3.63) is 81.7 Å². The Morgan fingerprint density at radius 2 is 1.60 bits per heavy atom. The van der Waals surface area contributed by atoms with Gasteiger partial charge in [0.1, 0.15) is 11.4 Å². The number of nitro groups is 1. The predicted molar refractivity (Wildman–Crippen MR) is 165 cm³/mol. The molecule has 13 nitrogen and oxygen atoms in total. The number of nitro benzene ring substituents is 1. The van der Waals surface area contributed by atoms with Crippen LogP contribution >= 0.6 is 0 Å². The van der Waals surface area contributed by atoms with Gasteiger partial charge in [-0.05, 0) is 42.8 Å². The number of carbonyl (C=O) groups is 2. The standard InChI is InChI=1S/C31H34F3N7O6/c1-37(9-2-16-47-25-6-4-24(5-7-25)31(32,33)34)28(42)23-20-35-30(36-21-23)40-12-10-38(11-13-40)26-8-3-22(19-27(26)41(44)45)29(43)39-14-17-46-18-15-39/h3-8,19-21H,2,9-18H2,1H3. The molecule has 2 aliphatic rings. The maximum Gasteiger partial charge on any atom is 0.416 e. The maximum atomic E-state index is 12.9.